The first-order valence-corrected chi connectivity index (χ1v) is 8.96. The summed E-state index contributed by atoms with van der Waals surface area (Å²) < 4.78 is 13.1. The minimum Gasteiger partial charge on any atom is -0.497 e. The molecular formula is C19H22N2O2S. The second-order valence-corrected chi connectivity index (χ2v) is 6.86. The van der Waals surface area contributed by atoms with E-state index in [4.69, 9.17) is 14.1 Å². The standard InChI is InChI=1S/C19H22N2O2S/c1-14(2)9-10-21-17(18-8-5-11-23-18)13-24-19(21)20-15-6-4-7-16(12-15)22-3/h4-8,11-14H,9-10H2,1-3H3. The third-order valence-corrected chi connectivity index (χ3v) is 4.64. The average molecular weight is 342 g/mol. The lowest BCUT2D eigenvalue weighted by Gasteiger charge is -2.09. The maximum atomic E-state index is 5.59. The van der Waals surface area contributed by atoms with Crippen molar-refractivity contribution in [1.29, 1.82) is 0 Å². The molecule has 0 saturated heterocycles. The maximum Gasteiger partial charge on any atom is 0.190 e. The van der Waals surface area contributed by atoms with Gasteiger partial charge in [-0.1, -0.05) is 19.9 Å². The first-order chi connectivity index (χ1) is 11.7. The Morgan fingerprint density at radius 2 is 2.12 bits per heavy atom. The molecule has 3 rings (SSSR count). The first-order valence-electron chi connectivity index (χ1n) is 8.08. The summed E-state index contributed by atoms with van der Waals surface area (Å²) in [5.74, 6) is 2.32. The number of rotatable bonds is 6. The van der Waals surface area contributed by atoms with Crippen LogP contribution in [0, 0.1) is 5.92 Å². The van der Waals surface area contributed by atoms with Crippen LogP contribution >= 0.6 is 11.3 Å². The topological polar surface area (TPSA) is 39.7 Å². The molecule has 1 aromatic carbocycles. The zero-order chi connectivity index (χ0) is 16.9. The molecular weight excluding hydrogens is 320 g/mol. The number of thiazole rings is 1. The summed E-state index contributed by atoms with van der Waals surface area (Å²) in [5.41, 5.74) is 1.97. The Labute approximate surface area is 146 Å². The van der Waals surface area contributed by atoms with Gasteiger partial charge >= 0.3 is 0 Å². The van der Waals surface area contributed by atoms with Gasteiger partial charge in [0.15, 0.2) is 10.6 Å². The molecule has 0 atom stereocenters. The van der Waals surface area contributed by atoms with E-state index in [2.05, 4.69) is 23.8 Å². The van der Waals surface area contributed by atoms with Gasteiger partial charge in [0.1, 0.15) is 5.75 Å². The number of furan rings is 1. The molecule has 0 aliphatic carbocycles. The highest BCUT2D eigenvalue weighted by Gasteiger charge is 2.11. The fraction of sp³-hybridized carbons (Fsp3) is 0.316. The van der Waals surface area contributed by atoms with Crippen molar-refractivity contribution >= 4 is 17.0 Å². The van der Waals surface area contributed by atoms with Gasteiger partial charge in [0.25, 0.3) is 0 Å². The molecule has 0 radical (unpaired) electrons. The van der Waals surface area contributed by atoms with Crippen molar-refractivity contribution < 1.29 is 9.15 Å². The van der Waals surface area contributed by atoms with Crippen LogP contribution in [0.15, 0.2) is 57.5 Å². The van der Waals surface area contributed by atoms with Crippen molar-refractivity contribution in [3.63, 3.8) is 0 Å². The van der Waals surface area contributed by atoms with E-state index < -0.39 is 0 Å². The van der Waals surface area contributed by atoms with E-state index >= 15 is 0 Å². The average Bonchev–Trinajstić information content (AvgIpc) is 3.22. The monoisotopic (exact) mass is 342 g/mol. The van der Waals surface area contributed by atoms with Gasteiger partial charge in [0.2, 0.25) is 0 Å². The van der Waals surface area contributed by atoms with Crippen LogP contribution in [0.1, 0.15) is 20.3 Å². The van der Waals surface area contributed by atoms with E-state index in [1.165, 1.54) is 0 Å². The smallest absolute Gasteiger partial charge is 0.190 e. The second kappa shape index (κ2) is 7.53. The van der Waals surface area contributed by atoms with Crippen LogP contribution in [0.25, 0.3) is 11.5 Å². The van der Waals surface area contributed by atoms with Crippen LogP contribution in [0.2, 0.25) is 0 Å². The van der Waals surface area contributed by atoms with E-state index in [-0.39, 0.29) is 0 Å². The number of methoxy groups -OCH3 is 1. The Balaban J connectivity index is 2.04. The molecule has 0 aliphatic heterocycles. The summed E-state index contributed by atoms with van der Waals surface area (Å²) in [6.45, 7) is 5.39. The highest BCUT2D eigenvalue weighted by molar-refractivity contribution is 7.07. The van der Waals surface area contributed by atoms with Crippen LogP contribution < -0.4 is 9.54 Å². The van der Waals surface area contributed by atoms with Crippen LogP contribution in [0.3, 0.4) is 0 Å². The fourth-order valence-corrected chi connectivity index (χ4v) is 3.37. The molecule has 24 heavy (non-hydrogen) atoms. The summed E-state index contributed by atoms with van der Waals surface area (Å²) >= 11 is 1.63. The molecule has 0 fully saturated rings. The number of ether oxygens (including phenoxy) is 1. The highest BCUT2D eigenvalue weighted by Crippen LogP contribution is 2.23. The molecule has 4 nitrogen and oxygen atoms in total. The van der Waals surface area contributed by atoms with Crippen molar-refractivity contribution in [2.24, 2.45) is 10.9 Å². The van der Waals surface area contributed by atoms with E-state index in [1.54, 1.807) is 24.7 Å². The fourth-order valence-electron chi connectivity index (χ4n) is 2.43. The molecule has 2 heterocycles. The Bertz CT molecular complexity index is 844. The van der Waals surface area contributed by atoms with Gasteiger partial charge in [-0.3, -0.25) is 0 Å². The van der Waals surface area contributed by atoms with Gasteiger partial charge in [-0.05, 0) is 36.6 Å². The SMILES string of the molecule is COc1cccc(N=c2scc(-c3ccco3)n2CCC(C)C)c1. The van der Waals surface area contributed by atoms with Crippen molar-refractivity contribution in [3.05, 3.63) is 52.8 Å². The Morgan fingerprint density at radius 3 is 2.83 bits per heavy atom. The Kier molecular flexibility index (Phi) is 5.20. The van der Waals surface area contributed by atoms with Crippen molar-refractivity contribution in [3.8, 4) is 17.2 Å². The summed E-state index contributed by atoms with van der Waals surface area (Å²) in [6.07, 6.45) is 2.80. The largest absolute Gasteiger partial charge is 0.497 e. The predicted molar refractivity (Wildman–Crippen MR) is 97.7 cm³/mol. The Hall–Kier alpha value is -2.27. The number of aromatic nitrogens is 1. The van der Waals surface area contributed by atoms with Crippen LogP contribution in [-0.2, 0) is 6.54 Å². The van der Waals surface area contributed by atoms with Gasteiger partial charge in [-0.2, -0.15) is 0 Å². The summed E-state index contributed by atoms with van der Waals surface area (Å²) in [7, 11) is 1.67. The van der Waals surface area contributed by atoms with Crippen molar-refractivity contribution in [2.45, 2.75) is 26.8 Å². The minimum atomic E-state index is 0.631. The molecule has 0 amide bonds. The van der Waals surface area contributed by atoms with E-state index in [9.17, 15) is 0 Å². The van der Waals surface area contributed by atoms with Crippen LogP contribution in [-0.4, -0.2) is 11.7 Å². The molecule has 0 spiro atoms. The Morgan fingerprint density at radius 1 is 1.25 bits per heavy atom. The summed E-state index contributed by atoms with van der Waals surface area (Å²) in [6, 6.07) is 11.7. The van der Waals surface area contributed by atoms with E-state index in [0.29, 0.717) is 5.92 Å². The second-order valence-electron chi connectivity index (χ2n) is 6.03. The third kappa shape index (κ3) is 3.79. The normalized spacial score (nSPS) is 12.1. The molecule has 0 saturated carbocycles. The number of benzene rings is 1. The molecule has 2 aromatic heterocycles. The molecule has 126 valence electrons. The third-order valence-electron chi connectivity index (χ3n) is 3.78. The lowest BCUT2D eigenvalue weighted by Crippen LogP contribution is -2.17. The molecule has 0 unspecified atom stereocenters. The van der Waals surface area contributed by atoms with Gasteiger partial charge < -0.3 is 13.7 Å². The molecule has 5 heteroatoms. The van der Waals surface area contributed by atoms with Gasteiger partial charge in [-0.25, -0.2) is 4.99 Å². The quantitative estimate of drug-likeness (QED) is 0.625. The number of hydrogen-bond donors (Lipinski definition) is 0. The number of hydrogen-bond acceptors (Lipinski definition) is 4. The zero-order valence-electron chi connectivity index (χ0n) is 14.2. The van der Waals surface area contributed by atoms with Crippen LogP contribution in [0.4, 0.5) is 5.69 Å². The van der Waals surface area contributed by atoms with Gasteiger partial charge in [0, 0.05) is 18.0 Å². The predicted octanol–water partition coefficient (Wildman–Crippen LogP) is 5.10. The molecule has 0 bridgehead atoms. The lowest BCUT2D eigenvalue weighted by molar-refractivity contribution is 0.415. The highest BCUT2D eigenvalue weighted by atomic mass is 32.1. The molecule has 0 N–H and O–H groups in total. The molecule has 0 aliphatic rings. The minimum absolute atomic E-state index is 0.631. The van der Waals surface area contributed by atoms with Crippen LogP contribution in [0.5, 0.6) is 5.75 Å². The summed E-state index contributed by atoms with van der Waals surface area (Å²) in [4.78, 5) is 5.79. The number of nitrogens with zero attached hydrogens (tertiary/aromatic N) is 2. The van der Waals surface area contributed by atoms with E-state index in [0.717, 1.165) is 40.7 Å². The van der Waals surface area contributed by atoms with Crippen molar-refractivity contribution in [2.75, 3.05) is 7.11 Å². The lowest BCUT2D eigenvalue weighted by atomic mass is 10.1. The summed E-state index contributed by atoms with van der Waals surface area (Å²) in [5, 5.41) is 2.11. The first kappa shape index (κ1) is 16.6. The zero-order valence-corrected chi connectivity index (χ0v) is 15.0. The van der Waals surface area contributed by atoms with Gasteiger partial charge in [0.05, 0.1) is 24.8 Å². The van der Waals surface area contributed by atoms with Crippen molar-refractivity contribution in [1.82, 2.24) is 4.57 Å². The maximum absolute atomic E-state index is 5.59. The van der Waals surface area contributed by atoms with Gasteiger partial charge in [-0.15, -0.1) is 11.3 Å². The molecule has 3 aromatic rings. The van der Waals surface area contributed by atoms with E-state index in [1.807, 2.05) is 36.4 Å².